The molecule has 0 unspecified atom stereocenters. The first-order valence-corrected chi connectivity index (χ1v) is 8.60. The van der Waals surface area contributed by atoms with Crippen molar-refractivity contribution < 1.29 is 13.2 Å². The van der Waals surface area contributed by atoms with E-state index >= 15 is 0 Å². The Hall–Kier alpha value is -0.920. The number of rotatable bonds is 3. The van der Waals surface area contributed by atoms with Crippen LogP contribution < -0.4 is 0 Å². The van der Waals surface area contributed by atoms with E-state index in [0.717, 1.165) is 17.7 Å². The van der Waals surface area contributed by atoms with Crippen molar-refractivity contribution in [1.29, 1.82) is 0 Å². The molecule has 0 aromatic carbocycles. The lowest BCUT2D eigenvalue weighted by atomic mass is 10.3. The fraction of sp³-hybridized carbons (Fsp3) is 0.583. The van der Waals surface area contributed by atoms with Gasteiger partial charge in [0.15, 0.2) is 0 Å². The number of hydrogen-bond donors (Lipinski definition) is 0. The SMILES string of the molecule is Cc1ccc(S(=O)(=O)N2CCN(C3CC3)C(=O)C2)s1. The summed E-state index contributed by atoms with van der Waals surface area (Å²) >= 11 is 1.25. The fourth-order valence-corrected chi connectivity index (χ4v) is 5.14. The zero-order valence-corrected chi connectivity index (χ0v) is 12.3. The van der Waals surface area contributed by atoms with Crippen molar-refractivity contribution in [2.45, 2.75) is 30.0 Å². The van der Waals surface area contributed by atoms with Crippen molar-refractivity contribution >= 4 is 27.3 Å². The fourth-order valence-electron chi connectivity index (χ4n) is 2.32. The van der Waals surface area contributed by atoms with Crippen LogP contribution in [-0.4, -0.2) is 49.2 Å². The molecule has 2 aliphatic rings. The van der Waals surface area contributed by atoms with Gasteiger partial charge in [-0.15, -0.1) is 11.3 Å². The van der Waals surface area contributed by atoms with Crippen LogP contribution in [0.1, 0.15) is 17.7 Å². The Labute approximate surface area is 116 Å². The van der Waals surface area contributed by atoms with Crippen molar-refractivity contribution in [2.24, 2.45) is 0 Å². The largest absolute Gasteiger partial charge is 0.337 e. The molecule has 2 heterocycles. The van der Waals surface area contributed by atoms with Gasteiger partial charge in [-0.05, 0) is 31.9 Å². The first-order chi connectivity index (χ1) is 8.98. The van der Waals surface area contributed by atoms with Crippen LogP contribution in [0.2, 0.25) is 0 Å². The molecule has 104 valence electrons. The van der Waals surface area contributed by atoms with Crippen molar-refractivity contribution in [3.8, 4) is 0 Å². The van der Waals surface area contributed by atoms with Gasteiger partial charge in [0.1, 0.15) is 4.21 Å². The van der Waals surface area contributed by atoms with Crippen molar-refractivity contribution in [3.05, 3.63) is 17.0 Å². The molecule has 1 aromatic rings. The first-order valence-electron chi connectivity index (χ1n) is 6.34. The van der Waals surface area contributed by atoms with Crippen LogP contribution in [-0.2, 0) is 14.8 Å². The molecule has 2 fully saturated rings. The van der Waals surface area contributed by atoms with Gasteiger partial charge in [-0.25, -0.2) is 8.42 Å². The van der Waals surface area contributed by atoms with Crippen LogP contribution in [0.5, 0.6) is 0 Å². The predicted octanol–water partition coefficient (Wildman–Crippen LogP) is 1.05. The molecule has 1 aliphatic heterocycles. The van der Waals surface area contributed by atoms with E-state index in [9.17, 15) is 13.2 Å². The summed E-state index contributed by atoms with van der Waals surface area (Å²) in [4.78, 5) is 14.8. The summed E-state index contributed by atoms with van der Waals surface area (Å²) in [6.07, 6.45) is 2.12. The number of piperazine rings is 1. The topological polar surface area (TPSA) is 57.7 Å². The van der Waals surface area contributed by atoms with E-state index in [1.54, 1.807) is 12.1 Å². The van der Waals surface area contributed by atoms with E-state index in [1.807, 2.05) is 11.8 Å². The Kier molecular flexibility index (Phi) is 3.15. The molecular formula is C12H16N2O3S2. The Balaban J connectivity index is 1.78. The van der Waals surface area contributed by atoms with Gasteiger partial charge in [0.05, 0.1) is 6.54 Å². The Morgan fingerprint density at radius 3 is 2.53 bits per heavy atom. The van der Waals surface area contributed by atoms with Gasteiger partial charge in [-0.1, -0.05) is 0 Å². The highest BCUT2D eigenvalue weighted by Gasteiger charge is 2.39. The molecule has 1 aliphatic carbocycles. The highest BCUT2D eigenvalue weighted by atomic mass is 32.2. The third-order valence-corrected chi connectivity index (χ3v) is 6.83. The van der Waals surface area contributed by atoms with E-state index in [1.165, 1.54) is 15.6 Å². The second-order valence-corrected chi connectivity index (χ2v) is 8.47. The number of sulfonamides is 1. The highest BCUT2D eigenvalue weighted by molar-refractivity contribution is 7.91. The predicted molar refractivity (Wildman–Crippen MR) is 72.5 cm³/mol. The number of amides is 1. The number of nitrogens with zero attached hydrogens (tertiary/aromatic N) is 2. The molecule has 19 heavy (non-hydrogen) atoms. The van der Waals surface area contributed by atoms with Gasteiger partial charge in [-0.2, -0.15) is 4.31 Å². The van der Waals surface area contributed by atoms with Crippen LogP contribution >= 0.6 is 11.3 Å². The maximum Gasteiger partial charge on any atom is 0.253 e. The molecular weight excluding hydrogens is 284 g/mol. The molecule has 3 rings (SSSR count). The van der Waals surface area contributed by atoms with Crippen LogP contribution in [0.25, 0.3) is 0 Å². The number of hydrogen-bond acceptors (Lipinski definition) is 4. The standard InChI is InChI=1S/C12H16N2O3S2/c1-9-2-5-12(18-9)19(16,17)13-6-7-14(10-3-4-10)11(15)8-13/h2,5,10H,3-4,6-8H2,1H3. The Morgan fingerprint density at radius 1 is 1.26 bits per heavy atom. The van der Waals surface area contributed by atoms with E-state index in [2.05, 4.69) is 0 Å². The van der Waals surface area contributed by atoms with Crippen LogP contribution in [0, 0.1) is 6.92 Å². The first kappa shape index (κ1) is 13.1. The maximum absolute atomic E-state index is 12.4. The highest BCUT2D eigenvalue weighted by Crippen LogP contribution is 2.30. The average Bonchev–Trinajstić information content (AvgIpc) is 3.10. The third kappa shape index (κ3) is 2.42. The van der Waals surface area contributed by atoms with E-state index in [-0.39, 0.29) is 12.5 Å². The summed E-state index contributed by atoms with van der Waals surface area (Å²) in [5, 5.41) is 0. The smallest absolute Gasteiger partial charge is 0.253 e. The van der Waals surface area contributed by atoms with E-state index < -0.39 is 10.0 Å². The minimum atomic E-state index is -3.50. The van der Waals surface area contributed by atoms with Crippen molar-refractivity contribution in [2.75, 3.05) is 19.6 Å². The molecule has 0 bridgehead atoms. The van der Waals surface area contributed by atoms with Crippen LogP contribution in [0.3, 0.4) is 0 Å². The summed E-state index contributed by atoms with van der Waals surface area (Å²) in [7, 11) is -3.50. The molecule has 7 heteroatoms. The quantitative estimate of drug-likeness (QED) is 0.838. The molecule has 0 spiro atoms. The van der Waals surface area contributed by atoms with E-state index in [0.29, 0.717) is 23.3 Å². The molecule has 0 radical (unpaired) electrons. The maximum atomic E-state index is 12.4. The molecule has 1 saturated heterocycles. The number of aryl methyl sites for hydroxylation is 1. The monoisotopic (exact) mass is 300 g/mol. The molecule has 0 N–H and O–H groups in total. The lowest BCUT2D eigenvalue weighted by Gasteiger charge is -2.33. The Bertz CT molecular complexity index is 604. The summed E-state index contributed by atoms with van der Waals surface area (Å²) in [5.74, 6) is -0.0643. The van der Waals surface area contributed by atoms with Crippen molar-refractivity contribution in [1.82, 2.24) is 9.21 Å². The van der Waals surface area contributed by atoms with E-state index in [4.69, 9.17) is 0 Å². The lowest BCUT2D eigenvalue weighted by Crippen LogP contribution is -2.52. The van der Waals surface area contributed by atoms with Gasteiger partial charge in [0, 0.05) is 24.0 Å². The zero-order valence-electron chi connectivity index (χ0n) is 10.7. The minimum Gasteiger partial charge on any atom is -0.337 e. The molecule has 0 atom stereocenters. The lowest BCUT2D eigenvalue weighted by molar-refractivity contribution is -0.134. The second kappa shape index (κ2) is 4.57. The molecule has 1 saturated carbocycles. The Morgan fingerprint density at radius 2 is 2.00 bits per heavy atom. The molecule has 1 aromatic heterocycles. The van der Waals surface area contributed by atoms with Gasteiger partial charge >= 0.3 is 0 Å². The number of carbonyl (C=O) groups excluding carboxylic acids is 1. The summed E-state index contributed by atoms with van der Waals surface area (Å²) in [6.45, 7) is 2.78. The van der Waals surface area contributed by atoms with Gasteiger partial charge in [0.2, 0.25) is 5.91 Å². The average molecular weight is 300 g/mol. The van der Waals surface area contributed by atoms with Crippen LogP contribution in [0.4, 0.5) is 0 Å². The summed E-state index contributed by atoms with van der Waals surface area (Å²) in [6, 6.07) is 3.77. The van der Waals surface area contributed by atoms with Gasteiger partial charge < -0.3 is 4.90 Å². The third-order valence-electron chi connectivity index (χ3n) is 3.52. The van der Waals surface area contributed by atoms with Crippen molar-refractivity contribution in [3.63, 3.8) is 0 Å². The van der Waals surface area contributed by atoms with Gasteiger partial charge in [0.25, 0.3) is 10.0 Å². The second-order valence-electron chi connectivity index (χ2n) is 5.02. The number of thiophene rings is 1. The molecule has 5 nitrogen and oxygen atoms in total. The van der Waals surface area contributed by atoms with Gasteiger partial charge in [-0.3, -0.25) is 4.79 Å². The molecule has 1 amide bonds. The normalized spacial score (nSPS) is 21.9. The van der Waals surface area contributed by atoms with Crippen LogP contribution in [0.15, 0.2) is 16.3 Å². The zero-order chi connectivity index (χ0) is 13.6. The summed E-state index contributed by atoms with van der Waals surface area (Å²) in [5.41, 5.74) is 0. The number of carbonyl (C=O) groups is 1. The summed E-state index contributed by atoms with van der Waals surface area (Å²) < 4.78 is 26.4. The minimum absolute atomic E-state index is 0.0181.